The Morgan fingerprint density at radius 1 is 0.384 bits per heavy atom. The molecule has 73 heavy (non-hydrogen) atoms. The Hall–Kier alpha value is -5.45. The highest BCUT2D eigenvalue weighted by atomic mass is 16.4. The Morgan fingerprint density at radius 3 is 0.452 bits per heavy atom. The number of nitrogens with zero attached hydrogens (tertiary/aromatic N) is 2. The molecule has 25 heteroatoms. The van der Waals surface area contributed by atoms with Gasteiger partial charge in [-0.3, -0.25) is 57.7 Å². The number of rotatable bonds is 2. The van der Waals surface area contributed by atoms with Crippen LogP contribution >= 0.6 is 0 Å². The van der Waals surface area contributed by atoms with Crippen molar-refractivity contribution in [2.24, 2.45) is 0 Å². The lowest BCUT2D eigenvalue weighted by Crippen LogP contribution is -2.28. The van der Waals surface area contributed by atoms with Gasteiger partial charge in [-0.05, 0) is 42.0 Å². The van der Waals surface area contributed by atoms with Gasteiger partial charge in [-0.15, -0.1) is 0 Å². The summed E-state index contributed by atoms with van der Waals surface area (Å²) in [6.45, 7) is 26.5. The summed E-state index contributed by atoms with van der Waals surface area (Å²) in [4.78, 5) is 118. The first-order chi connectivity index (χ1) is 31.7. The molecule has 0 bridgehead atoms. The van der Waals surface area contributed by atoms with Crippen LogP contribution in [-0.4, -0.2) is 179 Å². The number of carboxylic acid groups (broad SMARTS) is 4. The maximum Gasteiger partial charge on any atom is 0.300 e. The first-order valence-electron chi connectivity index (χ1n) is 21.8. The fourth-order valence-corrected chi connectivity index (χ4v) is 0.443. The van der Waals surface area contributed by atoms with E-state index in [0.29, 0.717) is 33.2 Å². The van der Waals surface area contributed by atoms with Gasteiger partial charge in [0.1, 0.15) is 33.4 Å². The van der Waals surface area contributed by atoms with E-state index in [1.807, 2.05) is 62.5 Å². The Morgan fingerprint density at radius 2 is 0.452 bits per heavy atom. The smallest absolute Gasteiger partial charge is 0.300 e. The predicted molar refractivity (Wildman–Crippen MR) is 316 cm³/mol. The van der Waals surface area contributed by atoms with Gasteiger partial charge in [0, 0.05) is 114 Å². The normalized spacial score (nSPS) is 6.78. The molecule has 0 atom stereocenters. The van der Waals surface area contributed by atoms with Gasteiger partial charge >= 0.3 is 0 Å². The molecule has 447 valence electrons. The molecule has 3 radical (unpaired) electrons. The summed E-state index contributed by atoms with van der Waals surface area (Å²) in [6, 6.07) is 0. The van der Waals surface area contributed by atoms with Crippen molar-refractivity contribution in [2.45, 2.75) is 195 Å². The van der Waals surface area contributed by atoms with Crippen LogP contribution in [0.1, 0.15) is 158 Å². The zero-order chi connectivity index (χ0) is 60.6. The Kier molecular flexibility index (Phi) is 230. The number of Topliss-reactive ketones (excluding diaryl/α,β-unsaturated/α-hetero) is 2. The zero-order valence-corrected chi connectivity index (χ0v) is 45.8. The fraction of sp³-hybridized carbons (Fsp3) is 0.750. The topological polar surface area (TPSA) is 340 Å². The van der Waals surface area contributed by atoms with Crippen LogP contribution in [0, 0.1) is 0 Å². The lowest BCUT2D eigenvalue weighted by Gasteiger charge is -2.07. The van der Waals surface area contributed by atoms with Crippen molar-refractivity contribution in [1.82, 2.24) is 31.1 Å². The van der Waals surface area contributed by atoms with E-state index < -0.39 is 23.9 Å². The van der Waals surface area contributed by atoms with Crippen LogP contribution in [0.5, 0.6) is 0 Å². The third-order valence-corrected chi connectivity index (χ3v) is 3.59. The molecule has 0 rings (SSSR count). The molecule has 0 fully saturated rings. The number of imide groups is 2. The van der Waals surface area contributed by atoms with Crippen molar-refractivity contribution < 1.29 is 82.1 Å². The van der Waals surface area contributed by atoms with Gasteiger partial charge in [0.15, 0.2) is 0 Å². The molecule has 0 aromatic rings. The van der Waals surface area contributed by atoms with E-state index in [0.717, 1.165) is 37.5 Å². The molecule has 0 saturated heterocycles. The summed E-state index contributed by atoms with van der Waals surface area (Å²) in [5.41, 5.74) is 0. The lowest BCUT2D eigenvalue weighted by molar-refractivity contribution is -0.141. The van der Waals surface area contributed by atoms with Gasteiger partial charge in [-0.2, -0.15) is 0 Å². The second kappa shape index (κ2) is 138. The number of nitrogens with one attached hydrogen (secondary N) is 4. The third kappa shape index (κ3) is 806. The van der Waals surface area contributed by atoms with Gasteiger partial charge in [-0.25, -0.2) is 0 Å². The molecule has 0 saturated carbocycles. The first-order valence-corrected chi connectivity index (χ1v) is 19.7. The van der Waals surface area contributed by atoms with Crippen molar-refractivity contribution >= 4 is 92.7 Å². The van der Waals surface area contributed by atoms with Crippen molar-refractivity contribution in [3.63, 3.8) is 0 Å². The summed E-state index contributed by atoms with van der Waals surface area (Å²) in [6.07, 6.45) is 1.33. The van der Waals surface area contributed by atoms with E-state index in [-0.39, 0.29) is 91.6 Å². The minimum atomic E-state index is -0.833. The highest BCUT2D eigenvalue weighted by molar-refractivity contribution is 6.31. The molecule has 0 aromatic carbocycles. The SMILES string of the molecule is C.C.C.C.C.C.CC(=O)N(C)C(C)=O.CC(=O)N(C)C(C)=O.CC(=O)O.CC(=O)O.CC(=O)O.CC(=O)O.CCC(C)=O.CCC(C)=O.CNC.CNC.CNC(C)=O.CNC(C)=O.[2H]C[B]C.[2H]C[B]C.[2H]C[B]C. The number of aliphatic carboxylic acids is 4. The van der Waals surface area contributed by atoms with Crippen LogP contribution in [0.3, 0.4) is 0 Å². The fourth-order valence-electron chi connectivity index (χ4n) is 0.443. The standard InChI is InChI=1S/2C5H9NO2.2C4H8O.2C3H7NO.3C2H6B.2C2H7N.4C2H4O2.6CH4/c2*1-4(7)6(3)5(2)8;2*1-3-4(2)5;2*1-3(5)4-2;5*1-3-2;4*1-2(3)4;;;;;;/h2*1-3H3;2*3H2,1-2H3;2*1-2H3,(H,4,5);3*1-2H3;2*3H,1-2H3;4*1H3,(H,3,4);6*1H4/i;;;;;;3*1D;;;;;;;;;;;;. The van der Waals surface area contributed by atoms with E-state index in [1.54, 1.807) is 49.8 Å². The molecule has 8 N–H and O–H groups in total. The third-order valence-electron chi connectivity index (χ3n) is 3.59. The quantitative estimate of drug-likeness (QED) is 0.123. The summed E-state index contributed by atoms with van der Waals surface area (Å²) in [5.74, 6) is -3.71. The van der Waals surface area contributed by atoms with Gasteiger partial charge in [0.25, 0.3) is 23.9 Å². The van der Waals surface area contributed by atoms with E-state index >= 15 is 0 Å². The predicted octanol–water partition coefficient (Wildman–Crippen LogP) is 7.71. The van der Waals surface area contributed by atoms with Crippen molar-refractivity contribution in [3.05, 3.63) is 0 Å². The minimum absolute atomic E-state index is 0. The summed E-state index contributed by atoms with van der Waals surface area (Å²) in [5, 5.41) is 39.9. The molecule has 0 spiro atoms. The van der Waals surface area contributed by atoms with Crippen LogP contribution in [0.2, 0.25) is 40.9 Å². The monoisotopic (exact) mass is 1070 g/mol. The number of carbonyl (C=O) groups is 12. The Balaban J connectivity index is -0.0000000225. The van der Waals surface area contributed by atoms with Gasteiger partial charge in [0.05, 0.1) is 0 Å². The van der Waals surface area contributed by atoms with E-state index in [1.165, 1.54) is 55.6 Å². The maximum absolute atomic E-state index is 10.3. The molecule has 0 aliphatic heterocycles. The highest BCUT2D eigenvalue weighted by Crippen LogP contribution is 1.82. The summed E-state index contributed by atoms with van der Waals surface area (Å²) in [7, 11) is 19.0. The van der Waals surface area contributed by atoms with Crippen LogP contribution in [-0.2, 0) is 57.5 Å². The van der Waals surface area contributed by atoms with Crippen LogP contribution in [0.4, 0.5) is 0 Å². The van der Waals surface area contributed by atoms with Gasteiger partial charge in [-0.1, -0.05) is 99.3 Å². The van der Waals surface area contributed by atoms with Gasteiger partial charge < -0.3 is 51.3 Å². The number of hydrogen-bond acceptors (Lipinski definition) is 14. The molecule has 6 amide bonds. The minimum Gasteiger partial charge on any atom is -0.481 e. The molecule has 0 unspecified atom stereocenters. The van der Waals surface area contributed by atoms with Crippen LogP contribution in [0.25, 0.3) is 0 Å². The average molecular weight is 1070 g/mol. The Bertz CT molecular complexity index is 1040. The second-order valence-electron chi connectivity index (χ2n) is 11.2. The number of carboxylic acids is 4. The summed E-state index contributed by atoms with van der Waals surface area (Å²) < 4.78 is 19.2. The first kappa shape index (κ1) is 122. The van der Waals surface area contributed by atoms with Gasteiger partial charge in [0.2, 0.25) is 35.4 Å². The molecular weight excluding hydrogens is 949 g/mol. The van der Waals surface area contributed by atoms with Crippen molar-refractivity contribution in [2.75, 3.05) is 56.4 Å². The van der Waals surface area contributed by atoms with Crippen LogP contribution in [0.15, 0.2) is 0 Å². The van der Waals surface area contributed by atoms with E-state index in [9.17, 15) is 38.4 Å². The average Bonchev–Trinajstić information content (AvgIpc) is 3.23. The molecule has 0 aromatic heterocycles. The molecule has 22 nitrogen and oxygen atoms in total. The number of amides is 6. The van der Waals surface area contributed by atoms with E-state index in [2.05, 4.69) is 21.3 Å². The largest absolute Gasteiger partial charge is 0.481 e. The zero-order valence-electron chi connectivity index (χ0n) is 48.8. The summed E-state index contributed by atoms with van der Waals surface area (Å²) >= 11 is 0. The van der Waals surface area contributed by atoms with Crippen molar-refractivity contribution in [3.8, 4) is 0 Å². The molecular formula is C48H120B3N6O16. The number of hydrogen-bond donors (Lipinski definition) is 8. The molecule has 0 aliphatic rings. The second-order valence-corrected chi connectivity index (χ2v) is 11.2. The molecule has 0 aliphatic carbocycles. The lowest BCUT2D eigenvalue weighted by atomic mass is 9.88. The molecule has 0 heterocycles. The number of ketones is 2. The van der Waals surface area contributed by atoms with Crippen molar-refractivity contribution in [1.29, 1.82) is 0 Å². The number of carbonyl (C=O) groups excluding carboxylic acids is 8. The van der Waals surface area contributed by atoms with Crippen LogP contribution < -0.4 is 21.3 Å². The highest BCUT2D eigenvalue weighted by Gasteiger charge is 2.05. The Labute approximate surface area is 456 Å². The van der Waals surface area contributed by atoms with E-state index in [4.69, 9.17) is 43.7 Å². The maximum atomic E-state index is 10.3.